The topological polar surface area (TPSA) is 59.9 Å². The van der Waals surface area contributed by atoms with Crippen molar-refractivity contribution in [3.05, 3.63) is 24.3 Å². The third kappa shape index (κ3) is 3.16. The summed E-state index contributed by atoms with van der Waals surface area (Å²) in [6.07, 6.45) is 1.57. The Morgan fingerprint density at radius 3 is 2.60 bits per heavy atom. The van der Waals surface area contributed by atoms with Crippen molar-refractivity contribution in [2.45, 2.75) is 19.3 Å². The molecule has 15 heavy (non-hydrogen) atoms. The second kappa shape index (κ2) is 4.20. The number of Topliss-reactive ketones (excluding diaryl/α,β-unsaturated/α-hetero) is 2. The van der Waals surface area contributed by atoms with Crippen LogP contribution in [0.1, 0.15) is 23.8 Å². The van der Waals surface area contributed by atoms with Gasteiger partial charge in [0.2, 0.25) is 5.78 Å². The molecule has 1 heterocycles. The molecule has 1 rings (SSSR count). The fraction of sp³-hybridized carbons (Fsp3) is 0.333. The standard InChI is InChI=1S/C9H8F2N2O2/c1-9(10,11)8(15)4-7(14)6-2-3-12-5-13-6/h2-3,5H,4H2,1H3. The van der Waals surface area contributed by atoms with Crippen molar-refractivity contribution in [1.29, 1.82) is 0 Å². The highest BCUT2D eigenvalue weighted by atomic mass is 19.3. The second-order valence-corrected chi connectivity index (χ2v) is 3.01. The first-order valence-corrected chi connectivity index (χ1v) is 4.11. The van der Waals surface area contributed by atoms with Crippen molar-refractivity contribution >= 4 is 11.6 Å². The Morgan fingerprint density at radius 1 is 1.47 bits per heavy atom. The van der Waals surface area contributed by atoms with Gasteiger partial charge in [0.25, 0.3) is 0 Å². The summed E-state index contributed by atoms with van der Waals surface area (Å²) >= 11 is 0. The van der Waals surface area contributed by atoms with E-state index in [2.05, 4.69) is 9.97 Å². The molecule has 80 valence electrons. The molecule has 0 radical (unpaired) electrons. The van der Waals surface area contributed by atoms with Crippen LogP contribution >= 0.6 is 0 Å². The average Bonchev–Trinajstić information content (AvgIpc) is 2.17. The lowest BCUT2D eigenvalue weighted by Gasteiger charge is -2.07. The minimum Gasteiger partial charge on any atom is -0.292 e. The predicted molar refractivity (Wildman–Crippen MR) is 46.6 cm³/mol. The molecule has 0 atom stereocenters. The number of halogens is 2. The lowest BCUT2D eigenvalue weighted by atomic mass is 10.1. The highest BCUT2D eigenvalue weighted by Gasteiger charge is 2.33. The molecule has 0 spiro atoms. The third-order valence-electron chi connectivity index (χ3n) is 1.68. The van der Waals surface area contributed by atoms with Crippen molar-refractivity contribution in [2.24, 2.45) is 0 Å². The number of hydrogen-bond donors (Lipinski definition) is 0. The van der Waals surface area contributed by atoms with Crippen LogP contribution in [0.4, 0.5) is 8.78 Å². The molecule has 0 amide bonds. The summed E-state index contributed by atoms with van der Waals surface area (Å²) in [5, 5.41) is 0. The molecule has 0 aliphatic heterocycles. The van der Waals surface area contributed by atoms with Crippen LogP contribution in [0.2, 0.25) is 0 Å². The average molecular weight is 214 g/mol. The maximum atomic E-state index is 12.5. The number of nitrogens with zero attached hydrogens (tertiary/aromatic N) is 2. The van der Waals surface area contributed by atoms with Crippen molar-refractivity contribution in [2.75, 3.05) is 0 Å². The fourth-order valence-electron chi connectivity index (χ4n) is 0.847. The van der Waals surface area contributed by atoms with Gasteiger partial charge in [0, 0.05) is 13.1 Å². The predicted octanol–water partition coefficient (Wildman–Crippen LogP) is 1.27. The smallest absolute Gasteiger partial charge is 0.292 e. The van der Waals surface area contributed by atoms with E-state index < -0.39 is 23.9 Å². The van der Waals surface area contributed by atoms with Gasteiger partial charge in [-0.2, -0.15) is 8.78 Å². The quantitative estimate of drug-likeness (QED) is 0.559. The van der Waals surface area contributed by atoms with E-state index in [1.54, 1.807) is 0 Å². The van der Waals surface area contributed by atoms with Crippen LogP contribution in [0.25, 0.3) is 0 Å². The first-order valence-electron chi connectivity index (χ1n) is 4.11. The Labute approximate surface area is 84.3 Å². The zero-order valence-electron chi connectivity index (χ0n) is 7.91. The summed E-state index contributed by atoms with van der Waals surface area (Å²) in [4.78, 5) is 29.2. The van der Waals surface area contributed by atoms with E-state index >= 15 is 0 Å². The molecule has 0 bridgehead atoms. The van der Waals surface area contributed by atoms with E-state index in [1.807, 2.05) is 0 Å². The van der Waals surface area contributed by atoms with Gasteiger partial charge >= 0.3 is 5.92 Å². The molecule has 0 unspecified atom stereocenters. The zero-order chi connectivity index (χ0) is 11.5. The van der Waals surface area contributed by atoms with E-state index in [4.69, 9.17) is 0 Å². The lowest BCUT2D eigenvalue weighted by molar-refractivity contribution is -0.139. The van der Waals surface area contributed by atoms with Gasteiger partial charge in [-0.3, -0.25) is 9.59 Å². The van der Waals surface area contributed by atoms with E-state index in [1.165, 1.54) is 12.3 Å². The second-order valence-electron chi connectivity index (χ2n) is 3.01. The summed E-state index contributed by atoms with van der Waals surface area (Å²) < 4.78 is 24.9. The largest absolute Gasteiger partial charge is 0.303 e. The Hall–Kier alpha value is -1.72. The van der Waals surface area contributed by atoms with Gasteiger partial charge in [0.15, 0.2) is 5.78 Å². The van der Waals surface area contributed by atoms with Gasteiger partial charge in [0.05, 0.1) is 6.42 Å². The number of rotatable bonds is 4. The number of alkyl halides is 2. The Kier molecular flexibility index (Phi) is 3.18. The number of carbonyl (C=O) groups excluding carboxylic acids is 2. The number of ketones is 2. The highest BCUT2D eigenvalue weighted by molar-refractivity contribution is 6.08. The summed E-state index contributed by atoms with van der Waals surface area (Å²) in [6.45, 7) is 0.461. The molecular weight excluding hydrogens is 206 g/mol. The summed E-state index contributed by atoms with van der Waals surface area (Å²) in [5.74, 6) is -5.63. The number of carbonyl (C=O) groups is 2. The molecule has 1 aromatic heterocycles. The Bertz CT molecular complexity index is 373. The normalized spacial score (nSPS) is 11.1. The molecule has 6 heteroatoms. The van der Waals surface area contributed by atoms with Crippen LogP contribution in [0.15, 0.2) is 18.6 Å². The minimum absolute atomic E-state index is 0.0393. The van der Waals surface area contributed by atoms with Crippen LogP contribution in [-0.2, 0) is 4.79 Å². The van der Waals surface area contributed by atoms with Crippen LogP contribution in [0.3, 0.4) is 0 Å². The molecule has 0 N–H and O–H groups in total. The van der Waals surface area contributed by atoms with Gasteiger partial charge in [-0.25, -0.2) is 9.97 Å². The highest BCUT2D eigenvalue weighted by Crippen LogP contribution is 2.16. The van der Waals surface area contributed by atoms with Gasteiger partial charge in [0.1, 0.15) is 12.0 Å². The van der Waals surface area contributed by atoms with E-state index in [0.29, 0.717) is 6.92 Å². The molecule has 4 nitrogen and oxygen atoms in total. The van der Waals surface area contributed by atoms with Crippen LogP contribution in [-0.4, -0.2) is 27.5 Å². The Balaban J connectivity index is 2.70. The first kappa shape index (κ1) is 11.4. The van der Waals surface area contributed by atoms with E-state index in [-0.39, 0.29) is 5.69 Å². The van der Waals surface area contributed by atoms with E-state index in [0.717, 1.165) is 6.33 Å². The zero-order valence-corrected chi connectivity index (χ0v) is 7.91. The maximum absolute atomic E-state index is 12.5. The SMILES string of the molecule is CC(F)(F)C(=O)CC(=O)c1ccncn1. The molecule has 0 aliphatic carbocycles. The van der Waals surface area contributed by atoms with Crippen molar-refractivity contribution in [3.8, 4) is 0 Å². The van der Waals surface area contributed by atoms with Gasteiger partial charge in [-0.05, 0) is 6.07 Å². The molecule has 0 saturated carbocycles. The number of aromatic nitrogens is 2. The maximum Gasteiger partial charge on any atom is 0.303 e. The first-order chi connectivity index (χ1) is 6.91. The van der Waals surface area contributed by atoms with Gasteiger partial charge < -0.3 is 0 Å². The molecule has 0 fully saturated rings. The summed E-state index contributed by atoms with van der Waals surface area (Å²) in [7, 11) is 0. The van der Waals surface area contributed by atoms with Crippen LogP contribution in [0.5, 0.6) is 0 Å². The number of hydrogen-bond acceptors (Lipinski definition) is 4. The summed E-state index contributed by atoms with van der Waals surface area (Å²) in [5.41, 5.74) is -0.0393. The van der Waals surface area contributed by atoms with Crippen molar-refractivity contribution in [1.82, 2.24) is 9.97 Å². The monoisotopic (exact) mass is 214 g/mol. The minimum atomic E-state index is -3.48. The fourth-order valence-corrected chi connectivity index (χ4v) is 0.847. The van der Waals surface area contributed by atoms with Crippen LogP contribution < -0.4 is 0 Å². The molecular formula is C9H8F2N2O2. The third-order valence-corrected chi connectivity index (χ3v) is 1.68. The lowest BCUT2D eigenvalue weighted by Crippen LogP contribution is -2.26. The van der Waals surface area contributed by atoms with E-state index in [9.17, 15) is 18.4 Å². The molecule has 0 saturated heterocycles. The van der Waals surface area contributed by atoms with Gasteiger partial charge in [-0.15, -0.1) is 0 Å². The van der Waals surface area contributed by atoms with Crippen LogP contribution in [0, 0.1) is 0 Å². The van der Waals surface area contributed by atoms with Crippen molar-refractivity contribution < 1.29 is 18.4 Å². The van der Waals surface area contributed by atoms with Crippen molar-refractivity contribution in [3.63, 3.8) is 0 Å². The molecule has 0 aliphatic rings. The molecule has 0 aromatic carbocycles. The molecule has 1 aromatic rings. The summed E-state index contributed by atoms with van der Waals surface area (Å²) in [6, 6.07) is 1.27. The van der Waals surface area contributed by atoms with Gasteiger partial charge in [-0.1, -0.05) is 0 Å². The Morgan fingerprint density at radius 2 is 2.13 bits per heavy atom.